The summed E-state index contributed by atoms with van der Waals surface area (Å²) in [7, 11) is 0. The van der Waals surface area contributed by atoms with Gasteiger partial charge in [0.05, 0.1) is 10.7 Å². The van der Waals surface area contributed by atoms with E-state index in [0.29, 0.717) is 11.4 Å². The van der Waals surface area contributed by atoms with Gasteiger partial charge in [0.1, 0.15) is 12.4 Å². The van der Waals surface area contributed by atoms with Gasteiger partial charge in [-0.1, -0.05) is 23.7 Å². The minimum Gasteiger partial charge on any atom is -0.456 e. The molecule has 0 unspecified atom stereocenters. The maximum atomic E-state index is 13.2. The third-order valence-electron chi connectivity index (χ3n) is 3.51. The summed E-state index contributed by atoms with van der Waals surface area (Å²) in [6.45, 7) is 3.69. The fourth-order valence-electron chi connectivity index (χ4n) is 2.40. The lowest BCUT2D eigenvalue weighted by Crippen LogP contribution is -2.11. The van der Waals surface area contributed by atoms with E-state index in [0.717, 1.165) is 11.4 Å². The summed E-state index contributed by atoms with van der Waals surface area (Å²) in [5, 5.41) is 4.51. The maximum absolute atomic E-state index is 13.2. The number of esters is 1. The fourth-order valence-corrected chi connectivity index (χ4v) is 2.58. The van der Waals surface area contributed by atoms with E-state index in [2.05, 4.69) is 10.1 Å². The summed E-state index contributed by atoms with van der Waals surface area (Å²) in [4.78, 5) is 16.6. The number of ether oxygens (including phenoxy) is 1. The van der Waals surface area contributed by atoms with Crippen LogP contribution in [0.3, 0.4) is 0 Å². The zero-order chi connectivity index (χ0) is 18.0. The van der Waals surface area contributed by atoms with Crippen LogP contribution in [0.25, 0.3) is 5.82 Å². The highest BCUT2D eigenvalue weighted by Gasteiger charge is 2.17. The molecule has 7 heteroatoms. The molecule has 0 N–H and O–H groups in total. The normalized spacial score (nSPS) is 10.7. The number of halogens is 2. The van der Waals surface area contributed by atoms with E-state index in [1.165, 1.54) is 12.1 Å². The van der Waals surface area contributed by atoms with E-state index in [1.807, 2.05) is 19.9 Å². The van der Waals surface area contributed by atoms with Crippen LogP contribution in [0.2, 0.25) is 5.02 Å². The van der Waals surface area contributed by atoms with Crippen LogP contribution < -0.4 is 0 Å². The molecular formula is C18H15ClFN3O2. The van der Waals surface area contributed by atoms with Gasteiger partial charge in [0.2, 0.25) is 0 Å². The molecule has 0 bridgehead atoms. The monoisotopic (exact) mass is 359 g/mol. The molecular weight excluding hydrogens is 345 g/mol. The predicted octanol–water partition coefficient (Wildman–Crippen LogP) is 4.03. The van der Waals surface area contributed by atoms with Gasteiger partial charge in [-0.15, -0.1) is 0 Å². The molecule has 2 aromatic heterocycles. The van der Waals surface area contributed by atoms with Crippen molar-refractivity contribution in [1.29, 1.82) is 0 Å². The van der Waals surface area contributed by atoms with Crippen molar-refractivity contribution < 1.29 is 13.9 Å². The summed E-state index contributed by atoms with van der Waals surface area (Å²) in [5.74, 6) is -0.610. The Labute approximate surface area is 149 Å². The van der Waals surface area contributed by atoms with Crippen LogP contribution in [0.15, 0.2) is 42.5 Å². The van der Waals surface area contributed by atoms with Crippen LogP contribution in [-0.2, 0) is 11.3 Å². The Balaban J connectivity index is 1.82. The summed E-state index contributed by atoms with van der Waals surface area (Å²) < 4.78 is 20.0. The van der Waals surface area contributed by atoms with Gasteiger partial charge < -0.3 is 4.74 Å². The number of hydrogen-bond donors (Lipinski definition) is 0. The van der Waals surface area contributed by atoms with Crippen LogP contribution in [0.1, 0.15) is 27.4 Å². The van der Waals surface area contributed by atoms with Gasteiger partial charge in [-0.25, -0.2) is 18.9 Å². The highest BCUT2D eigenvalue weighted by Crippen LogP contribution is 2.19. The molecule has 2 heterocycles. The Bertz CT molecular complexity index is 940. The van der Waals surface area contributed by atoms with Crippen LogP contribution in [0.4, 0.5) is 4.39 Å². The van der Waals surface area contributed by atoms with Crippen molar-refractivity contribution in [3.8, 4) is 5.82 Å². The average Bonchev–Trinajstić information content (AvgIpc) is 2.91. The first-order valence-corrected chi connectivity index (χ1v) is 7.93. The Morgan fingerprint density at radius 2 is 2.04 bits per heavy atom. The largest absolute Gasteiger partial charge is 0.456 e. The number of aryl methyl sites for hydroxylation is 2. The van der Waals surface area contributed by atoms with Crippen molar-refractivity contribution in [1.82, 2.24) is 14.8 Å². The third-order valence-corrected chi connectivity index (χ3v) is 3.82. The first kappa shape index (κ1) is 17.1. The summed E-state index contributed by atoms with van der Waals surface area (Å²) in [5.41, 5.74) is 2.25. The molecule has 3 rings (SSSR count). The molecule has 0 aliphatic carbocycles. The molecule has 1 aromatic carbocycles. The highest BCUT2D eigenvalue weighted by atomic mass is 35.5. The van der Waals surface area contributed by atoms with Gasteiger partial charge in [-0.2, -0.15) is 5.10 Å². The van der Waals surface area contributed by atoms with Gasteiger partial charge in [-0.3, -0.25) is 0 Å². The lowest BCUT2D eigenvalue weighted by Gasteiger charge is -2.09. The van der Waals surface area contributed by atoms with Gasteiger partial charge in [0, 0.05) is 5.69 Å². The van der Waals surface area contributed by atoms with Crippen LogP contribution in [0, 0.1) is 19.7 Å². The minimum absolute atomic E-state index is 0.0110. The SMILES string of the molecule is Cc1cc(C)n(-c2ccc(Cl)c(C(=O)OCc3cccc(F)c3)n2)n1. The molecule has 0 aliphatic heterocycles. The fraction of sp³-hybridized carbons (Fsp3) is 0.167. The maximum Gasteiger partial charge on any atom is 0.358 e. The van der Waals surface area contributed by atoms with Crippen LogP contribution in [-0.4, -0.2) is 20.7 Å². The van der Waals surface area contributed by atoms with Gasteiger partial charge in [0.15, 0.2) is 11.5 Å². The second kappa shape index (κ2) is 7.03. The number of rotatable bonds is 4. The van der Waals surface area contributed by atoms with E-state index >= 15 is 0 Å². The first-order chi connectivity index (χ1) is 11.9. The Hall–Kier alpha value is -2.73. The topological polar surface area (TPSA) is 57.0 Å². The Kier molecular flexibility index (Phi) is 4.81. The molecule has 0 amide bonds. The standard InChI is InChI=1S/C18H15ClFN3O2/c1-11-8-12(2)23(22-11)16-7-6-15(19)17(21-16)18(24)25-10-13-4-3-5-14(20)9-13/h3-9H,10H2,1-2H3. The summed E-state index contributed by atoms with van der Waals surface area (Å²) in [6.07, 6.45) is 0. The van der Waals surface area contributed by atoms with E-state index in [-0.39, 0.29) is 17.3 Å². The molecule has 25 heavy (non-hydrogen) atoms. The molecule has 0 atom stereocenters. The van der Waals surface area contributed by atoms with Gasteiger partial charge >= 0.3 is 5.97 Å². The number of aromatic nitrogens is 3. The van der Waals surface area contributed by atoms with Crippen molar-refractivity contribution in [3.63, 3.8) is 0 Å². The first-order valence-electron chi connectivity index (χ1n) is 7.56. The minimum atomic E-state index is -0.683. The van der Waals surface area contributed by atoms with Crippen molar-refractivity contribution in [2.24, 2.45) is 0 Å². The smallest absolute Gasteiger partial charge is 0.358 e. The van der Waals surface area contributed by atoms with E-state index in [4.69, 9.17) is 16.3 Å². The van der Waals surface area contributed by atoms with Gasteiger partial charge in [-0.05, 0) is 49.7 Å². The number of benzene rings is 1. The van der Waals surface area contributed by atoms with Crippen molar-refractivity contribution >= 4 is 17.6 Å². The number of carbonyl (C=O) groups excluding carboxylic acids is 1. The van der Waals surface area contributed by atoms with Gasteiger partial charge in [0.25, 0.3) is 0 Å². The summed E-state index contributed by atoms with van der Waals surface area (Å²) >= 11 is 6.08. The Morgan fingerprint density at radius 1 is 1.24 bits per heavy atom. The average molecular weight is 360 g/mol. The molecule has 0 aliphatic rings. The molecule has 0 fully saturated rings. The lowest BCUT2D eigenvalue weighted by atomic mass is 10.2. The second-order valence-corrected chi connectivity index (χ2v) is 5.95. The van der Waals surface area contributed by atoms with Crippen LogP contribution >= 0.6 is 11.6 Å². The molecule has 0 spiro atoms. The van der Waals surface area contributed by atoms with Crippen LogP contribution in [0.5, 0.6) is 0 Å². The van der Waals surface area contributed by atoms with E-state index < -0.39 is 11.8 Å². The van der Waals surface area contributed by atoms with Crippen molar-refractivity contribution in [3.05, 3.63) is 75.9 Å². The van der Waals surface area contributed by atoms with Crippen molar-refractivity contribution in [2.45, 2.75) is 20.5 Å². The molecule has 0 saturated carbocycles. The molecule has 0 radical (unpaired) electrons. The number of carbonyl (C=O) groups is 1. The van der Waals surface area contributed by atoms with E-state index in [1.54, 1.807) is 28.9 Å². The zero-order valence-corrected chi connectivity index (χ0v) is 14.4. The highest BCUT2D eigenvalue weighted by molar-refractivity contribution is 6.33. The number of hydrogen-bond acceptors (Lipinski definition) is 4. The molecule has 3 aromatic rings. The predicted molar refractivity (Wildman–Crippen MR) is 91.4 cm³/mol. The molecule has 5 nitrogen and oxygen atoms in total. The quantitative estimate of drug-likeness (QED) is 0.660. The molecule has 128 valence electrons. The lowest BCUT2D eigenvalue weighted by molar-refractivity contribution is 0.0465. The second-order valence-electron chi connectivity index (χ2n) is 5.54. The number of pyridine rings is 1. The Morgan fingerprint density at radius 3 is 2.72 bits per heavy atom. The molecule has 0 saturated heterocycles. The summed E-state index contributed by atoms with van der Waals surface area (Å²) in [6, 6.07) is 11.0. The zero-order valence-electron chi connectivity index (χ0n) is 13.7. The third kappa shape index (κ3) is 3.85. The van der Waals surface area contributed by atoms with Crippen molar-refractivity contribution in [2.75, 3.05) is 0 Å². The number of nitrogens with zero attached hydrogens (tertiary/aromatic N) is 3. The van der Waals surface area contributed by atoms with E-state index in [9.17, 15) is 9.18 Å².